The standard InChI is InChI=1S/C19H22N4O4/c1-14-4-2-3-5-16(14)23-12-15(11-21-23)10-20-17(24)22-8-6-19(7-9-22)13-26-18(25)27-19/h2-5,11-12H,6-10,13H2,1H3,(H,20,24). The number of benzene rings is 1. The molecule has 3 heterocycles. The zero-order valence-electron chi connectivity index (χ0n) is 15.2. The van der Waals surface area contributed by atoms with Crippen molar-refractivity contribution in [2.75, 3.05) is 19.7 Å². The highest BCUT2D eigenvalue weighted by Crippen LogP contribution is 2.31. The summed E-state index contributed by atoms with van der Waals surface area (Å²) in [5.41, 5.74) is 2.53. The molecule has 2 amide bonds. The number of carbonyl (C=O) groups excluding carboxylic acids is 2. The van der Waals surface area contributed by atoms with Gasteiger partial charge in [-0.15, -0.1) is 0 Å². The number of amides is 2. The molecule has 1 spiro atoms. The van der Waals surface area contributed by atoms with E-state index in [4.69, 9.17) is 9.47 Å². The maximum atomic E-state index is 12.4. The van der Waals surface area contributed by atoms with Gasteiger partial charge in [0.15, 0.2) is 5.60 Å². The van der Waals surface area contributed by atoms with Gasteiger partial charge in [0.25, 0.3) is 0 Å². The first-order chi connectivity index (χ1) is 13.0. The van der Waals surface area contributed by atoms with Crippen LogP contribution >= 0.6 is 0 Å². The van der Waals surface area contributed by atoms with Crippen molar-refractivity contribution in [3.8, 4) is 5.69 Å². The van der Waals surface area contributed by atoms with E-state index < -0.39 is 11.8 Å². The third-order valence-electron chi connectivity index (χ3n) is 5.16. The van der Waals surface area contributed by atoms with Gasteiger partial charge >= 0.3 is 12.2 Å². The second-order valence-electron chi connectivity index (χ2n) is 7.05. The first-order valence-electron chi connectivity index (χ1n) is 9.03. The lowest BCUT2D eigenvalue weighted by Crippen LogP contribution is -2.50. The number of likely N-dealkylation sites (tertiary alicyclic amines) is 1. The highest BCUT2D eigenvalue weighted by Gasteiger charge is 2.45. The maximum Gasteiger partial charge on any atom is 0.509 e. The third-order valence-corrected chi connectivity index (χ3v) is 5.16. The molecular weight excluding hydrogens is 348 g/mol. The van der Waals surface area contributed by atoms with Gasteiger partial charge in [-0.3, -0.25) is 0 Å². The molecule has 0 unspecified atom stereocenters. The summed E-state index contributed by atoms with van der Waals surface area (Å²) < 4.78 is 12.0. The summed E-state index contributed by atoms with van der Waals surface area (Å²) in [5, 5.41) is 7.31. The number of carbonyl (C=O) groups is 2. The van der Waals surface area contributed by atoms with Crippen molar-refractivity contribution >= 4 is 12.2 Å². The quantitative estimate of drug-likeness (QED) is 0.839. The van der Waals surface area contributed by atoms with E-state index in [9.17, 15) is 9.59 Å². The van der Waals surface area contributed by atoms with Crippen molar-refractivity contribution in [2.24, 2.45) is 0 Å². The zero-order chi connectivity index (χ0) is 18.9. The molecule has 27 heavy (non-hydrogen) atoms. The number of hydrogen-bond donors (Lipinski definition) is 1. The number of para-hydroxylation sites is 1. The number of ether oxygens (including phenoxy) is 2. The summed E-state index contributed by atoms with van der Waals surface area (Å²) in [6.07, 6.45) is 4.25. The van der Waals surface area contributed by atoms with Crippen LogP contribution in [-0.4, -0.2) is 52.2 Å². The topological polar surface area (TPSA) is 85.7 Å². The van der Waals surface area contributed by atoms with Crippen molar-refractivity contribution < 1.29 is 19.1 Å². The van der Waals surface area contributed by atoms with Gasteiger partial charge in [0, 0.05) is 44.2 Å². The predicted octanol–water partition coefficient (Wildman–Crippen LogP) is 2.39. The molecule has 0 aliphatic carbocycles. The first kappa shape index (κ1) is 17.4. The van der Waals surface area contributed by atoms with Gasteiger partial charge in [-0.2, -0.15) is 5.10 Å². The van der Waals surface area contributed by atoms with Crippen molar-refractivity contribution in [1.82, 2.24) is 20.0 Å². The molecule has 2 aliphatic rings. The molecule has 0 saturated carbocycles. The van der Waals surface area contributed by atoms with Crippen LogP contribution in [0.1, 0.15) is 24.0 Å². The Morgan fingerprint density at radius 3 is 2.78 bits per heavy atom. The van der Waals surface area contributed by atoms with E-state index in [1.54, 1.807) is 11.1 Å². The van der Waals surface area contributed by atoms with Crippen molar-refractivity contribution in [3.05, 3.63) is 47.8 Å². The zero-order valence-corrected chi connectivity index (χ0v) is 15.2. The first-order valence-corrected chi connectivity index (χ1v) is 9.03. The van der Waals surface area contributed by atoms with E-state index in [0.717, 1.165) is 16.8 Å². The molecule has 2 fully saturated rings. The molecular formula is C19H22N4O4. The summed E-state index contributed by atoms with van der Waals surface area (Å²) in [7, 11) is 0. The van der Waals surface area contributed by atoms with E-state index in [2.05, 4.69) is 10.4 Å². The smallest absolute Gasteiger partial charge is 0.430 e. The van der Waals surface area contributed by atoms with Crippen LogP contribution in [0.25, 0.3) is 5.69 Å². The van der Waals surface area contributed by atoms with Crippen molar-refractivity contribution in [3.63, 3.8) is 0 Å². The van der Waals surface area contributed by atoms with E-state index in [1.807, 2.05) is 42.1 Å². The van der Waals surface area contributed by atoms with Crippen LogP contribution in [0.5, 0.6) is 0 Å². The summed E-state index contributed by atoms with van der Waals surface area (Å²) in [4.78, 5) is 25.3. The molecule has 8 heteroatoms. The molecule has 4 rings (SSSR count). The van der Waals surface area contributed by atoms with E-state index in [-0.39, 0.29) is 12.6 Å². The summed E-state index contributed by atoms with van der Waals surface area (Å²) >= 11 is 0. The van der Waals surface area contributed by atoms with Gasteiger partial charge in [0.2, 0.25) is 0 Å². The molecule has 2 saturated heterocycles. The third kappa shape index (κ3) is 3.60. The van der Waals surface area contributed by atoms with Crippen LogP contribution in [-0.2, 0) is 16.0 Å². The molecule has 1 N–H and O–H groups in total. The molecule has 2 aliphatic heterocycles. The Morgan fingerprint density at radius 1 is 1.30 bits per heavy atom. The fourth-order valence-corrected chi connectivity index (χ4v) is 3.48. The lowest BCUT2D eigenvalue weighted by Gasteiger charge is -2.36. The lowest BCUT2D eigenvalue weighted by atomic mass is 9.92. The Bertz CT molecular complexity index is 855. The number of nitrogens with zero attached hydrogens (tertiary/aromatic N) is 3. The van der Waals surface area contributed by atoms with Crippen molar-refractivity contribution in [2.45, 2.75) is 31.9 Å². The van der Waals surface area contributed by atoms with E-state index >= 15 is 0 Å². The lowest BCUT2D eigenvalue weighted by molar-refractivity contribution is 0.00933. The highest BCUT2D eigenvalue weighted by molar-refractivity contribution is 5.74. The Labute approximate surface area is 157 Å². The van der Waals surface area contributed by atoms with Gasteiger partial charge in [0.1, 0.15) is 6.61 Å². The molecule has 1 aromatic heterocycles. The Balaban J connectivity index is 1.30. The monoisotopic (exact) mass is 370 g/mol. The Morgan fingerprint density at radius 2 is 2.07 bits per heavy atom. The van der Waals surface area contributed by atoms with Crippen LogP contribution in [0, 0.1) is 6.92 Å². The van der Waals surface area contributed by atoms with Gasteiger partial charge < -0.3 is 19.7 Å². The molecule has 1 aromatic carbocycles. The second kappa shape index (κ2) is 6.94. The highest BCUT2D eigenvalue weighted by atomic mass is 16.8. The molecule has 2 aromatic rings. The van der Waals surface area contributed by atoms with Gasteiger partial charge in [0.05, 0.1) is 11.9 Å². The van der Waals surface area contributed by atoms with Crippen LogP contribution in [0.4, 0.5) is 9.59 Å². The van der Waals surface area contributed by atoms with Crippen LogP contribution in [0.2, 0.25) is 0 Å². The summed E-state index contributed by atoms with van der Waals surface area (Å²) in [6, 6.07) is 7.88. The van der Waals surface area contributed by atoms with Crippen molar-refractivity contribution in [1.29, 1.82) is 0 Å². The fourth-order valence-electron chi connectivity index (χ4n) is 3.48. The number of hydrogen-bond acceptors (Lipinski definition) is 5. The number of cyclic esters (lactones) is 1. The number of aryl methyl sites for hydroxylation is 1. The number of piperidine rings is 1. The number of urea groups is 1. The van der Waals surface area contributed by atoms with Crippen LogP contribution < -0.4 is 5.32 Å². The van der Waals surface area contributed by atoms with Gasteiger partial charge in [-0.1, -0.05) is 18.2 Å². The molecule has 0 atom stereocenters. The average molecular weight is 370 g/mol. The largest absolute Gasteiger partial charge is 0.509 e. The number of nitrogens with one attached hydrogen (secondary N) is 1. The van der Waals surface area contributed by atoms with Crippen LogP contribution in [0.3, 0.4) is 0 Å². The van der Waals surface area contributed by atoms with Crippen LogP contribution in [0.15, 0.2) is 36.7 Å². The Hall–Kier alpha value is -3.03. The summed E-state index contributed by atoms with van der Waals surface area (Å²) in [5.74, 6) is 0. The SMILES string of the molecule is Cc1ccccc1-n1cc(CNC(=O)N2CCC3(CC2)COC(=O)O3)cn1. The Kier molecular flexibility index (Phi) is 4.47. The second-order valence-corrected chi connectivity index (χ2v) is 7.05. The minimum atomic E-state index is -0.612. The number of aromatic nitrogens is 2. The number of rotatable bonds is 3. The van der Waals surface area contributed by atoms with Gasteiger partial charge in [-0.25, -0.2) is 14.3 Å². The molecule has 8 nitrogen and oxygen atoms in total. The normalized spacial score (nSPS) is 18.3. The molecule has 142 valence electrons. The minimum absolute atomic E-state index is 0.126. The minimum Gasteiger partial charge on any atom is -0.430 e. The summed E-state index contributed by atoms with van der Waals surface area (Å²) in [6.45, 7) is 3.79. The average Bonchev–Trinajstić information content (AvgIpc) is 3.28. The fraction of sp³-hybridized carbons (Fsp3) is 0.421. The van der Waals surface area contributed by atoms with E-state index in [0.29, 0.717) is 32.5 Å². The van der Waals surface area contributed by atoms with Gasteiger partial charge in [-0.05, 0) is 18.6 Å². The maximum absolute atomic E-state index is 12.4. The molecule has 0 radical (unpaired) electrons. The van der Waals surface area contributed by atoms with E-state index in [1.165, 1.54) is 0 Å². The predicted molar refractivity (Wildman–Crippen MR) is 96.5 cm³/mol. The molecule has 0 bridgehead atoms.